The van der Waals surface area contributed by atoms with Gasteiger partial charge in [-0.05, 0) is 12.1 Å². The van der Waals surface area contributed by atoms with E-state index in [0.717, 1.165) is 0 Å². The molecule has 0 N–H and O–H groups in total. The lowest BCUT2D eigenvalue weighted by Crippen LogP contribution is -1.73. The molecule has 0 aliphatic rings. The van der Waals surface area contributed by atoms with E-state index in [1.54, 1.807) is 12.3 Å². The van der Waals surface area contributed by atoms with E-state index >= 15 is 0 Å². The lowest BCUT2D eigenvalue weighted by Gasteiger charge is -1.80. The van der Waals surface area contributed by atoms with Gasteiger partial charge in [-0.1, -0.05) is 6.07 Å². The van der Waals surface area contributed by atoms with Crippen molar-refractivity contribution in [2.24, 2.45) is 0 Å². The Morgan fingerprint density at radius 2 is 2.38 bits per heavy atom. The Balaban J connectivity index is 2.99. The first-order valence-electron chi connectivity index (χ1n) is 2.11. The Bertz CT molecular complexity index is 175. The quantitative estimate of drug-likeness (QED) is 0.532. The minimum atomic E-state index is -1.05. The molecule has 0 amide bonds. The fourth-order valence-corrected chi connectivity index (χ4v) is 1.02. The zero-order valence-electron chi connectivity index (χ0n) is 4.04. The molecule has 0 unspecified atom stereocenters. The molecule has 0 atom stereocenters. The number of pyridine rings is 1. The van der Waals surface area contributed by atoms with Crippen LogP contribution in [-0.4, -0.2) is 4.98 Å². The van der Waals surface area contributed by atoms with E-state index in [1.807, 2.05) is 12.1 Å². The summed E-state index contributed by atoms with van der Waals surface area (Å²) in [5.74, 6) is 0. The summed E-state index contributed by atoms with van der Waals surface area (Å²) < 4.78 is 10.9. The first-order valence-corrected chi connectivity index (χ1v) is 4.07. The molecular weight excluding hydrogens is 217 g/mol. The molecule has 42 valence electrons. The number of hydrogen-bond donors (Lipinski definition) is 0. The van der Waals surface area contributed by atoms with E-state index in [2.05, 4.69) is 4.98 Å². The van der Waals surface area contributed by atoms with Crippen molar-refractivity contribution in [3.05, 3.63) is 28.1 Å². The zero-order chi connectivity index (χ0) is 5.82. The average molecular weight is 221 g/mol. The average Bonchev–Trinajstić information content (AvgIpc) is 1.90. The van der Waals surface area contributed by atoms with Gasteiger partial charge in [-0.25, -0.2) is 4.98 Å². The van der Waals surface area contributed by atoms with Crippen LogP contribution < -0.4 is 0 Å². The number of aromatic nitrogens is 1. The highest BCUT2D eigenvalue weighted by molar-refractivity contribution is 14.1. The highest BCUT2D eigenvalue weighted by Gasteiger charge is 1.83. The van der Waals surface area contributed by atoms with Crippen LogP contribution in [0.2, 0.25) is 0 Å². The first kappa shape index (κ1) is 5.81. The van der Waals surface area contributed by atoms with Crippen LogP contribution in [0.3, 0.4) is 0 Å². The van der Waals surface area contributed by atoms with Crippen molar-refractivity contribution >= 4 is 21.2 Å². The van der Waals surface area contributed by atoms with Crippen molar-refractivity contribution in [1.29, 1.82) is 0 Å². The Morgan fingerprint density at radius 1 is 1.50 bits per heavy atom. The Morgan fingerprint density at radius 3 is 2.75 bits per heavy atom. The molecule has 0 aromatic carbocycles. The zero-order valence-corrected chi connectivity index (χ0v) is 6.20. The Kier molecular flexibility index (Phi) is 2.08. The molecule has 1 aromatic heterocycles. The lowest BCUT2D eigenvalue weighted by molar-refractivity contribution is 0.647. The maximum atomic E-state index is 10.2. The maximum Gasteiger partial charge on any atom is 0.202 e. The summed E-state index contributed by atoms with van der Waals surface area (Å²) in [5.41, 5.74) is 0. The highest BCUT2D eigenvalue weighted by atomic mass is 127. The summed E-state index contributed by atoms with van der Waals surface area (Å²) in [6.45, 7) is 0. The summed E-state index contributed by atoms with van der Waals surface area (Å²) in [7, 11) is 0. The van der Waals surface area contributed by atoms with Gasteiger partial charge in [0.15, 0.2) is 0 Å². The second kappa shape index (κ2) is 2.86. The molecule has 8 heavy (non-hydrogen) atoms. The second-order valence-corrected chi connectivity index (χ2v) is 2.78. The largest absolute Gasteiger partial charge is 0.263 e. The highest BCUT2D eigenvalue weighted by Crippen LogP contribution is 2.02. The monoisotopic (exact) mass is 221 g/mol. The lowest BCUT2D eigenvalue weighted by atomic mass is 10.5. The molecule has 0 bridgehead atoms. The number of hydrogen-bond acceptors (Lipinski definition) is 2. The predicted octanol–water partition coefficient (Wildman–Crippen LogP) is 1.57. The maximum absolute atomic E-state index is 10.2. The van der Waals surface area contributed by atoms with E-state index in [0.29, 0.717) is 3.70 Å². The molecule has 0 saturated heterocycles. The van der Waals surface area contributed by atoms with Crippen molar-refractivity contribution < 1.29 is 3.07 Å². The predicted molar refractivity (Wildman–Crippen MR) is 37.6 cm³/mol. The minimum Gasteiger partial charge on any atom is -0.263 e. The molecule has 1 aromatic rings. The van der Waals surface area contributed by atoms with E-state index in [9.17, 15) is 3.07 Å². The van der Waals surface area contributed by atoms with E-state index < -0.39 is 21.2 Å². The van der Waals surface area contributed by atoms with E-state index in [-0.39, 0.29) is 0 Å². The Hall–Kier alpha value is -0.320. The van der Waals surface area contributed by atoms with Gasteiger partial charge < -0.3 is 0 Å². The third-order valence-corrected chi connectivity index (χ3v) is 1.80. The van der Waals surface area contributed by atoms with Crippen molar-refractivity contribution in [3.63, 3.8) is 0 Å². The van der Waals surface area contributed by atoms with Gasteiger partial charge in [-0.3, -0.25) is 3.07 Å². The van der Waals surface area contributed by atoms with Gasteiger partial charge in [0.25, 0.3) is 0 Å². The molecular formula is C5H4INO. The third kappa shape index (κ3) is 1.33. The SMILES string of the molecule is O=Ic1ccccn1. The minimum absolute atomic E-state index is 0.714. The molecule has 2 nitrogen and oxygen atoms in total. The summed E-state index contributed by atoms with van der Waals surface area (Å²) in [6, 6.07) is 5.41. The summed E-state index contributed by atoms with van der Waals surface area (Å²) in [6.07, 6.45) is 1.65. The van der Waals surface area contributed by atoms with Crippen molar-refractivity contribution in [1.82, 2.24) is 4.98 Å². The fourth-order valence-electron chi connectivity index (χ4n) is 0.388. The van der Waals surface area contributed by atoms with E-state index in [1.165, 1.54) is 0 Å². The molecule has 3 heteroatoms. The van der Waals surface area contributed by atoms with Crippen LogP contribution in [0.5, 0.6) is 0 Å². The smallest absolute Gasteiger partial charge is 0.202 e. The van der Waals surface area contributed by atoms with Crippen LogP contribution in [0.1, 0.15) is 0 Å². The second-order valence-electron chi connectivity index (χ2n) is 1.23. The first-order chi connectivity index (χ1) is 3.93. The number of nitrogens with zero attached hydrogens (tertiary/aromatic N) is 1. The van der Waals surface area contributed by atoms with Crippen LogP contribution >= 0.6 is 21.2 Å². The molecule has 1 heterocycles. The summed E-state index contributed by atoms with van der Waals surface area (Å²) in [4.78, 5) is 3.83. The van der Waals surface area contributed by atoms with Gasteiger partial charge in [-0.2, -0.15) is 0 Å². The van der Waals surface area contributed by atoms with Gasteiger partial charge in [-0.15, -0.1) is 0 Å². The molecule has 0 aliphatic heterocycles. The van der Waals surface area contributed by atoms with Gasteiger partial charge in [0.2, 0.25) is 21.2 Å². The molecule has 0 radical (unpaired) electrons. The molecule has 0 saturated carbocycles. The van der Waals surface area contributed by atoms with Crippen LogP contribution in [0.25, 0.3) is 0 Å². The molecule has 0 fully saturated rings. The van der Waals surface area contributed by atoms with Gasteiger partial charge in [0.05, 0.1) is 0 Å². The Labute approximate surface area is 57.6 Å². The summed E-state index contributed by atoms with van der Waals surface area (Å²) >= 11 is -1.05. The third-order valence-electron chi connectivity index (χ3n) is 0.708. The topological polar surface area (TPSA) is 30.0 Å². The molecule has 0 spiro atoms. The number of halogens is 1. The van der Waals surface area contributed by atoms with Gasteiger partial charge in [0, 0.05) is 6.20 Å². The van der Waals surface area contributed by atoms with Crippen molar-refractivity contribution in [2.45, 2.75) is 0 Å². The standard InChI is InChI=1S/C5H4INO/c8-6-5-3-1-2-4-7-5/h1-4H. The molecule has 1 rings (SSSR count). The normalized spacial score (nSPS) is 9.00. The van der Waals surface area contributed by atoms with E-state index in [4.69, 9.17) is 0 Å². The van der Waals surface area contributed by atoms with Crippen LogP contribution in [-0.2, 0) is 3.07 Å². The van der Waals surface area contributed by atoms with Crippen molar-refractivity contribution in [3.8, 4) is 0 Å². The van der Waals surface area contributed by atoms with Crippen LogP contribution in [0.15, 0.2) is 24.4 Å². The van der Waals surface area contributed by atoms with Gasteiger partial charge >= 0.3 is 0 Å². The summed E-state index contributed by atoms with van der Waals surface area (Å²) in [5, 5.41) is 0. The molecule has 0 aliphatic carbocycles. The van der Waals surface area contributed by atoms with Crippen LogP contribution in [0, 0.1) is 3.70 Å². The van der Waals surface area contributed by atoms with Gasteiger partial charge in [0.1, 0.15) is 3.70 Å². The van der Waals surface area contributed by atoms with Crippen LogP contribution in [0.4, 0.5) is 0 Å². The number of rotatable bonds is 1. The fraction of sp³-hybridized carbons (Fsp3) is 0. The van der Waals surface area contributed by atoms with Crippen molar-refractivity contribution in [2.75, 3.05) is 0 Å².